The number of halogens is 1. The molecule has 17 heavy (non-hydrogen) atoms. The van der Waals surface area contributed by atoms with Crippen LogP contribution < -0.4 is 0 Å². The molecule has 0 aliphatic rings. The summed E-state index contributed by atoms with van der Waals surface area (Å²) in [5.41, 5.74) is 1.10. The topological polar surface area (TPSA) is 60.4 Å². The fourth-order valence-corrected chi connectivity index (χ4v) is 1.37. The Morgan fingerprint density at radius 2 is 1.82 bits per heavy atom. The van der Waals surface area contributed by atoms with E-state index >= 15 is 0 Å². The normalized spacial score (nSPS) is 10.5. The summed E-state index contributed by atoms with van der Waals surface area (Å²) in [6, 6.07) is 7.50. The maximum absolute atomic E-state index is 11.0. The van der Waals surface area contributed by atoms with Crippen molar-refractivity contribution < 1.29 is 19.1 Å². The molecular weight excluding hydrogens is 244 g/mol. The van der Waals surface area contributed by atoms with Crippen LogP contribution in [-0.4, -0.2) is 19.2 Å². The lowest BCUT2D eigenvalue weighted by Crippen LogP contribution is -2.05. The van der Waals surface area contributed by atoms with E-state index in [4.69, 9.17) is 21.2 Å². The Kier molecular flexibility index (Phi) is 7.68. The minimum atomic E-state index is -0.188. The minimum Gasteiger partial charge on any atom is -0.469 e. The average Bonchev–Trinajstić information content (AvgIpc) is 2.30. The first kappa shape index (κ1) is 15.4. The van der Waals surface area contributed by atoms with Crippen LogP contribution in [0.5, 0.6) is 0 Å². The molecule has 1 aromatic rings. The second-order valence-corrected chi connectivity index (χ2v) is 3.75. The summed E-state index contributed by atoms with van der Waals surface area (Å²) in [4.78, 5) is 27.3. The lowest BCUT2D eigenvalue weighted by Gasteiger charge is -2.09. The van der Waals surface area contributed by atoms with Crippen LogP contribution in [-0.2, 0) is 19.1 Å². The third-order valence-electron chi connectivity index (χ3n) is 2.14. The zero-order chi connectivity index (χ0) is 13.3. The van der Waals surface area contributed by atoms with Crippen LogP contribution in [0.1, 0.15) is 24.8 Å². The molecule has 0 radical (unpaired) electrons. The number of ether oxygens (including phenoxy) is 1. The van der Waals surface area contributed by atoms with Crippen LogP contribution in [0.15, 0.2) is 24.3 Å². The third kappa shape index (κ3) is 6.51. The number of rotatable bonds is 3. The highest BCUT2D eigenvalue weighted by Gasteiger charge is 2.10. The highest BCUT2D eigenvalue weighted by molar-refractivity contribution is 6.30. The quantitative estimate of drug-likeness (QED) is 0.780. The Balaban J connectivity index is 0.000000770. The van der Waals surface area contributed by atoms with Crippen LogP contribution in [0.3, 0.4) is 0 Å². The zero-order valence-electron chi connectivity index (χ0n) is 9.60. The van der Waals surface area contributed by atoms with Gasteiger partial charge in [0.05, 0.1) is 13.5 Å². The molecule has 1 aromatic carbocycles. The molecule has 0 heterocycles. The molecule has 0 fully saturated rings. The highest BCUT2D eigenvalue weighted by atomic mass is 35.5. The average molecular weight is 257 g/mol. The van der Waals surface area contributed by atoms with Gasteiger partial charge in [0.25, 0.3) is 0 Å². The first-order chi connectivity index (χ1) is 8.04. The molecule has 0 amide bonds. The van der Waals surface area contributed by atoms with Crippen molar-refractivity contribution in [1.29, 1.82) is 0 Å². The molecule has 0 spiro atoms. The van der Waals surface area contributed by atoms with Gasteiger partial charge in [0.2, 0.25) is 0 Å². The van der Waals surface area contributed by atoms with Gasteiger partial charge in [-0.1, -0.05) is 30.7 Å². The van der Waals surface area contributed by atoms with Gasteiger partial charge in [0.15, 0.2) is 0 Å². The Morgan fingerprint density at radius 3 is 2.24 bits per heavy atom. The first-order valence-electron chi connectivity index (χ1n) is 4.86. The van der Waals surface area contributed by atoms with Crippen molar-refractivity contribution in [1.82, 2.24) is 0 Å². The summed E-state index contributed by atoms with van der Waals surface area (Å²) < 4.78 is 4.60. The summed E-state index contributed by atoms with van der Waals surface area (Å²) >= 11 is 5.76. The Morgan fingerprint density at radius 1 is 1.35 bits per heavy atom. The standard InChI is InChI=1S/C11H13ClO2.CO2/c1-8(7-11(13)14-2)9-3-5-10(12)6-4-9;2-1-3/h3-6,8H,7H2,1-2H3;/t8-;/m1./s1. The van der Waals surface area contributed by atoms with E-state index in [2.05, 4.69) is 4.74 Å². The SMILES string of the molecule is COC(=O)C[C@@H](C)c1ccc(Cl)cc1.O=C=O. The summed E-state index contributed by atoms with van der Waals surface area (Å²) in [6.07, 6.45) is 0.651. The fourth-order valence-electron chi connectivity index (χ4n) is 1.24. The van der Waals surface area contributed by atoms with Gasteiger partial charge in [-0.15, -0.1) is 0 Å². The van der Waals surface area contributed by atoms with Gasteiger partial charge in [0.1, 0.15) is 0 Å². The lowest BCUT2D eigenvalue weighted by molar-refractivity contribution is -0.191. The number of benzene rings is 1. The van der Waals surface area contributed by atoms with Crippen LogP contribution in [0, 0.1) is 0 Å². The summed E-state index contributed by atoms with van der Waals surface area (Å²) in [5, 5.41) is 0.707. The van der Waals surface area contributed by atoms with Crippen molar-refractivity contribution in [2.24, 2.45) is 0 Å². The second kappa shape index (κ2) is 8.50. The van der Waals surface area contributed by atoms with Gasteiger partial charge in [0, 0.05) is 5.02 Å². The molecule has 0 aliphatic heterocycles. The number of esters is 1. The molecule has 0 bridgehead atoms. The van der Waals surface area contributed by atoms with Crippen molar-refractivity contribution in [3.63, 3.8) is 0 Å². The number of hydrogen-bond acceptors (Lipinski definition) is 4. The Labute approximate surface area is 105 Å². The van der Waals surface area contributed by atoms with E-state index in [0.717, 1.165) is 5.56 Å². The van der Waals surface area contributed by atoms with Crippen LogP contribution >= 0.6 is 11.6 Å². The fraction of sp³-hybridized carbons (Fsp3) is 0.333. The Bertz CT molecular complexity index is 380. The van der Waals surface area contributed by atoms with Crippen molar-refractivity contribution in [3.8, 4) is 0 Å². The molecule has 0 N–H and O–H groups in total. The van der Waals surface area contributed by atoms with Crippen molar-refractivity contribution in [2.45, 2.75) is 19.3 Å². The van der Waals surface area contributed by atoms with Gasteiger partial charge in [-0.3, -0.25) is 4.79 Å². The van der Waals surface area contributed by atoms with E-state index < -0.39 is 0 Å². The maximum Gasteiger partial charge on any atom is 0.373 e. The largest absolute Gasteiger partial charge is 0.469 e. The van der Waals surface area contributed by atoms with Gasteiger partial charge in [-0.25, -0.2) is 0 Å². The minimum absolute atomic E-state index is 0.166. The summed E-state index contributed by atoms with van der Waals surface area (Å²) in [7, 11) is 1.40. The van der Waals surface area contributed by atoms with E-state index in [0.29, 0.717) is 11.4 Å². The van der Waals surface area contributed by atoms with Crippen LogP contribution in [0.25, 0.3) is 0 Å². The van der Waals surface area contributed by atoms with Crippen molar-refractivity contribution in [3.05, 3.63) is 34.9 Å². The highest BCUT2D eigenvalue weighted by Crippen LogP contribution is 2.21. The molecule has 0 unspecified atom stereocenters. The number of methoxy groups -OCH3 is 1. The maximum atomic E-state index is 11.0. The van der Waals surface area contributed by atoms with Crippen molar-refractivity contribution >= 4 is 23.7 Å². The predicted octanol–water partition coefficient (Wildman–Crippen LogP) is 2.42. The van der Waals surface area contributed by atoms with Crippen LogP contribution in [0.4, 0.5) is 0 Å². The van der Waals surface area contributed by atoms with Crippen molar-refractivity contribution in [2.75, 3.05) is 7.11 Å². The van der Waals surface area contributed by atoms with Gasteiger partial charge >= 0.3 is 12.1 Å². The molecular formula is C12H13ClO4. The first-order valence-corrected chi connectivity index (χ1v) is 5.24. The number of hydrogen-bond donors (Lipinski definition) is 0. The van der Waals surface area contributed by atoms with E-state index in [9.17, 15) is 4.79 Å². The van der Waals surface area contributed by atoms with Crippen LogP contribution in [0.2, 0.25) is 5.02 Å². The molecule has 0 aromatic heterocycles. The smallest absolute Gasteiger partial charge is 0.373 e. The van der Waals surface area contributed by atoms with Gasteiger partial charge < -0.3 is 4.74 Å². The molecule has 1 rings (SSSR count). The molecule has 1 atom stereocenters. The van der Waals surface area contributed by atoms with Gasteiger partial charge in [-0.2, -0.15) is 9.59 Å². The molecule has 5 heteroatoms. The zero-order valence-corrected chi connectivity index (χ0v) is 10.4. The second-order valence-electron chi connectivity index (χ2n) is 3.32. The number of carbonyl (C=O) groups is 1. The van der Waals surface area contributed by atoms with E-state index in [1.54, 1.807) is 0 Å². The third-order valence-corrected chi connectivity index (χ3v) is 2.39. The van der Waals surface area contributed by atoms with E-state index in [-0.39, 0.29) is 18.0 Å². The molecule has 0 saturated carbocycles. The predicted molar refractivity (Wildman–Crippen MR) is 61.5 cm³/mol. The summed E-state index contributed by atoms with van der Waals surface area (Å²) in [5.74, 6) is -0.0211. The van der Waals surface area contributed by atoms with E-state index in [1.807, 2.05) is 31.2 Å². The molecule has 0 aliphatic carbocycles. The van der Waals surface area contributed by atoms with E-state index in [1.165, 1.54) is 7.11 Å². The summed E-state index contributed by atoms with van der Waals surface area (Å²) in [6.45, 7) is 1.99. The Hall–Kier alpha value is -1.64. The molecule has 4 nitrogen and oxygen atoms in total. The number of carbonyl (C=O) groups excluding carboxylic acids is 3. The lowest BCUT2D eigenvalue weighted by atomic mass is 9.98. The molecule has 0 saturated heterocycles. The molecule has 92 valence electrons. The van der Waals surface area contributed by atoms with Gasteiger partial charge in [-0.05, 0) is 23.6 Å². The monoisotopic (exact) mass is 256 g/mol.